The molecule has 0 aliphatic rings. The fourth-order valence-electron chi connectivity index (χ4n) is 1.28. The summed E-state index contributed by atoms with van der Waals surface area (Å²) in [6.07, 6.45) is 0. The molecule has 0 atom stereocenters. The first-order chi connectivity index (χ1) is 8.09. The van der Waals surface area contributed by atoms with E-state index in [9.17, 15) is 8.42 Å². The molecular weight excluding hydrogens is 368 g/mol. The van der Waals surface area contributed by atoms with Crippen LogP contribution in [0.5, 0.6) is 5.75 Å². The molecule has 3 nitrogen and oxygen atoms in total. The number of rotatable bonds is 3. The zero-order valence-electron chi connectivity index (χ0n) is 10.8. The average Bonchev–Trinajstić information content (AvgIpc) is 2.33. The van der Waals surface area contributed by atoms with Crippen molar-refractivity contribution >= 4 is 35.2 Å². The van der Waals surface area contributed by atoms with Crippen molar-refractivity contribution in [2.75, 3.05) is 0 Å². The van der Waals surface area contributed by atoms with Gasteiger partial charge in [0.05, 0.1) is 0 Å². The maximum Gasteiger partial charge on any atom is 0.339 e. The molecule has 10 heteroatoms. The summed E-state index contributed by atoms with van der Waals surface area (Å²) in [4.78, 5) is 0.601. The van der Waals surface area contributed by atoms with E-state index in [0.29, 0.717) is 4.90 Å². The van der Waals surface area contributed by atoms with E-state index in [4.69, 9.17) is 4.18 Å². The van der Waals surface area contributed by atoms with Gasteiger partial charge in [0.2, 0.25) is 0 Å². The van der Waals surface area contributed by atoms with Gasteiger partial charge < -0.3 is 4.18 Å². The van der Waals surface area contributed by atoms with Crippen LogP contribution in [0, 0.1) is 0 Å². The van der Waals surface area contributed by atoms with E-state index in [-0.39, 0.29) is 41.9 Å². The second-order valence-corrected chi connectivity index (χ2v) is 5.35. The Hall–Kier alpha value is -1.45. The van der Waals surface area contributed by atoms with Gasteiger partial charge in [-0.05, 0) is 24.3 Å². The standard InChI is InChI=1S/C12H10O3S2.ClH.4FH/c13-17(14,10-6-2-1-3-7-10)15-11-8-4-5-9-12(11)16;;;;;/h1-9,16H;5*1H. The Bertz CT molecular complexity index is 627. The van der Waals surface area contributed by atoms with Crippen LogP contribution in [-0.2, 0) is 10.1 Å². The van der Waals surface area contributed by atoms with Crippen molar-refractivity contribution in [3.63, 3.8) is 0 Å². The number of hydrogen-bond donors (Lipinski definition) is 1. The highest BCUT2D eigenvalue weighted by molar-refractivity contribution is 7.87. The monoisotopic (exact) mass is 382 g/mol. The van der Waals surface area contributed by atoms with Crippen LogP contribution in [0.3, 0.4) is 0 Å². The van der Waals surface area contributed by atoms with Crippen molar-refractivity contribution in [3.05, 3.63) is 54.6 Å². The summed E-state index contributed by atoms with van der Waals surface area (Å²) in [5.41, 5.74) is 0. The molecule has 22 heavy (non-hydrogen) atoms. The van der Waals surface area contributed by atoms with Crippen LogP contribution in [0.25, 0.3) is 0 Å². The Morgan fingerprint density at radius 2 is 1.23 bits per heavy atom. The van der Waals surface area contributed by atoms with Gasteiger partial charge in [-0.1, -0.05) is 30.3 Å². The molecule has 0 aromatic heterocycles. The smallest absolute Gasteiger partial charge is 0.339 e. The lowest BCUT2D eigenvalue weighted by atomic mass is 10.3. The summed E-state index contributed by atoms with van der Waals surface area (Å²) in [6.45, 7) is 0. The minimum Gasteiger partial charge on any atom is -0.378 e. The van der Waals surface area contributed by atoms with Gasteiger partial charge in [0.1, 0.15) is 4.90 Å². The minimum absolute atomic E-state index is 0. The van der Waals surface area contributed by atoms with E-state index in [1.807, 2.05) is 0 Å². The van der Waals surface area contributed by atoms with Crippen LogP contribution < -0.4 is 4.18 Å². The van der Waals surface area contributed by atoms with E-state index >= 15 is 0 Å². The third-order valence-electron chi connectivity index (χ3n) is 2.10. The molecule has 0 N–H and O–H groups in total. The van der Waals surface area contributed by atoms with Gasteiger partial charge >= 0.3 is 10.1 Å². The lowest BCUT2D eigenvalue weighted by molar-refractivity contribution is 0.480. The first kappa shape index (κ1) is 28.7. The summed E-state index contributed by atoms with van der Waals surface area (Å²) >= 11 is 4.13. The highest BCUT2D eigenvalue weighted by Gasteiger charge is 2.16. The van der Waals surface area contributed by atoms with Gasteiger partial charge in [0.15, 0.2) is 5.75 Å². The molecule has 0 heterocycles. The van der Waals surface area contributed by atoms with Crippen LogP contribution in [0.1, 0.15) is 0 Å². The van der Waals surface area contributed by atoms with Crippen molar-refractivity contribution in [1.82, 2.24) is 0 Å². The zero-order chi connectivity index (χ0) is 12.3. The molecule has 2 aromatic rings. The Balaban J connectivity index is -0.000000324. The topological polar surface area (TPSA) is 43.4 Å². The molecule has 2 aromatic carbocycles. The summed E-state index contributed by atoms with van der Waals surface area (Å²) in [6, 6.07) is 14.7. The fourth-order valence-corrected chi connectivity index (χ4v) is 2.52. The molecule has 0 aliphatic carbocycles. The van der Waals surface area contributed by atoms with Crippen LogP contribution in [-0.4, -0.2) is 8.42 Å². The predicted molar refractivity (Wildman–Crippen MR) is 85.2 cm³/mol. The van der Waals surface area contributed by atoms with E-state index in [0.717, 1.165) is 0 Å². The summed E-state index contributed by atoms with van der Waals surface area (Å²) < 4.78 is 28.8. The van der Waals surface area contributed by atoms with E-state index in [1.54, 1.807) is 42.5 Å². The normalized spacial score (nSPS) is 8.59. The third-order valence-corrected chi connectivity index (χ3v) is 3.71. The van der Waals surface area contributed by atoms with Crippen LogP contribution in [0.15, 0.2) is 64.4 Å². The first-order valence-corrected chi connectivity index (χ1v) is 6.73. The first-order valence-electron chi connectivity index (χ1n) is 4.87. The van der Waals surface area contributed by atoms with Gasteiger partial charge in [-0.2, -0.15) is 8.42 Å². The molecule has 0 fully saturated rings. The Kier molecular flexibility index (Phi) is 15.8. The van der Waals surface area contributed by atoms with Crippen molar-refractivity contribution < 1.29 is 31.4 Å². The maximum atomic E-state index is 11.9. The highest BCUT2D eigenvalue weighted by atomic mass is 35.5. The van der Waals surface area contributed by atoms with Crippen molar-refractivity contribution in [3.8, 4) is 5.75 Å². The maximum absolute atomic E-state index is 11.9. The lowest BCUT2D eigenvalue weighted by Gasteiger charge is -2.08. The van der Waals surface area contributed by atoms with Crippen LogP contribution in [0.4, 0.5) is 18.8 Å². The number of benzene rings is 2. The molecule has 0 unspecified atom stereocenters. The molecule has 0 saturated carbocycles. The molecule has 0 radical (unpaired) electrons. The number of hydrogen-bond acceptors (Lipinski definition) is 4. The molecule has 0 saturated heterocycles. The van der Waals surface area contributed by atoms with Gasteiger partial charge in [0.25, 0.3) is 0 Å². The van der Waals surface area contributed by atoms with Crippen molar-refractivity contribution in [2.24, 2.45) is 0 Å². The summed E-state index contributed by atoms with van der Waals surface area (Å²) in [7, 11) is -3.78. The zero-order valence-corrected chi connectivity index (χ0v) is 13.3. The Labute approximate surface area is 137 Å². The Morgan fingerprint density at radius 3 is 1.73 bits per heavy atom. The largest absolute Gasteiger partial charge is 0.378 e. The quantitative estimate of drug-likeness (QED) is 0.499. The van der Waals surface area contributed by atoms with Gasteiger partial charge in [-0.3, -0.25) is 18.8 Å². The molecule has 0 spiro atoms. The minimum atomic E-state index is -3.78. The molecule has 0 aliphatic heterocycles. The number of para-hydroxylation sites is 1. The van der Waals surface area contributed by atoms with Crippen LogP contribution in [0.2, 0.25) is 0 Å². The van der Waals surface area contributed by atoms with Gasteiger partial charge in [-0.25, -0.2) is 0 Å². The van der Waals surface area contributed by atoms with E-state index in [1.165, 1.54) is 12.1 Å². The summed E-state index contributed by atoms with van der Waals surface area (Å²) in [5, 5.41) is 0. The second kappa shape index (κ2) is 12.1. The molecule has 0 bridgehead atoms. The molecular formula is C12H15ClF4O3S2. The molecule has 0 amide bonds. The van der Waals surface area contributed by atoms with E-state index in [2.05, 4.69) is 12.6 Å². The van der Waals surface area contributed by atoms with Gasteiger partial charge in [0, 0.05) is 4.90 Å². The van der Waals surface area contributed by atoms with E-state index < -0.39 is 10.1 Å². The SMILES string of the molecule is Cl.F.F.F.F.O=S(=O)(Oc1ccccc1S)c1ccccc1. The second-order valence-electron chi connectivity index (χ2n) is 3.32. The highest BCUT2D eigenvalue weighted by Crippen LogP contribution is 2.25. The predicted octanol–water partition coefficient (Wildman–Crippen LogP) is 3.77. The Morgan fingerprint density at radius 1 is 0.773 bits per heavy atom. The van der Waals surface area contributed by atoms with Crippen molar-refractivity contribution in [1.29, 1.82) is 0 Å². The van der Waals surface area contributed by atoms with Gasteiger partial charge in [-0.15, -0.1) is 25.0 Å². The fraction of sp³-hybridized carbons (Fsp3) is 0. The molecule has 2 rings (SSSR count). The lowest BCUT2D eigenvalue weighted by Crippen LogP contribution is -2.09. The van der Waals surface area contributed by atoms with Crippen molar-refractivity contribution in [2.45, 2.75) is 9.79 Å². The number of thiol groups is 1. The summed E-state index contributed by atoms with van der Waals surface area (Å²) in [5.74, 6) is 0.222. The third kappa shape index (κ3) is 7.01. The average molecular weight is 383 g/mol. The number of halogens is 5. The molecule has 128 valence electrons. The van der Waals surface area contributed by atoms with Crippen LogP contribution >= 0.6 is 25.0 Å².